The van der Waals surface area contributed by atoms with Crippen molar-refractivity contribution in [2.24, 2.45) is 0 Å². The van der Waals surface area contributed by atoms with E-state index in [1.807, 2.05) is 0 Å². The average Bonchev–Trinajstić information content (AvgIpc) is 3.16. The molecule has 11 heteroatoms. The van der Waals surface area contributed by atoms with E-state index < -0.39 is 23.6 Å². The normalized spacial score (nSPS) is 11.2. The lowest BCUT2D eigenvalue weighted by molar-refractivity contribution is -0.137. The van der Waals surface area contributed by atoms with E-state index in [-0.39, 0.29) is 22.8 Å². The summed E-state index contributed by atoms with van der Waals surface area (Å²) in [6.45, 7) is 0. The molecule has 156 valence electrons. The van der Waals surface area contributed by atoms with E-state index in [0.29, 0.717) is 16.3 Å². The second-order valence-electron chi connectivity index (χ2n) is 6.06. The van der Waals surface area contributed by atoms with Crippen LogP contribution in [0.25, 0.3) is 10.6 Å². The SMILES string of the molecule is O=C(Cc1csc(-c2ccc(C(F)(F)F)cc2)n1)NNC(=O)c1cc(Cl)ccc1O. The van der Waals surface area contributed by atoms with Gasteiger partial charge in [-0.15, -0.1) is 11.3 Å². The molecule has 0 saturated heterocycles. The zero-order valence-corrected chi connectivity index (χ0v) is 16.5. The molecule has 0 spiro atoms. The summed E-state index contributed by atoms with van der Waals surface area (Å²) in [5.41, 5.74) is 4.36. The van der Waals surface area contributed by atoms with E-state index in [4.69, 9.17) is 11.6 Å². The summed E-state index contributed by atoms with van der Waals surface area (Å²) in [5, 5.41) is 12.0. The monoisotopic (exact) mass is 455 g/mol. The zero-order valence-electron chi connectivity index (χ0n) is 15.0. The van der Waals surface area contributed by atoms with Crippen LogP contribution in [-0.2, 0) is 17.4 Å². The number of thiazole rings is 1. The molecule has 30 heavy (non-hydrogen) atoms. The van der Waals surface area contributed by atoms with Crippen molar-refractivity contribution >= 4 is 34.8 Å². The second kappa shape index (κ2) is 8.72. The predicted molar refractivity (Wildman–Crippen MR) is 105 cm³/mol. The quantitative estimate of drug-likeness (QED) is 0.514. The molecule has 2 amide bonds. The minimum Gasteiger partial charge on any atom is -0.507 e. The first-order valence-corrected chi connectivity index (χ1v) is 9.59. The number of hydrazine groups is 1. The van der Waals surface area contributed by atoms with Gasteiger partial charge in [0.05, 0.1) is 23.2 Å². The maximum absolute atomic E-state index is 12.6. The van der Waals surface area contributed by atoms with Crippen molar-refractivity contribution in [3.63, 3.8) is 0 Å². The third kappa shape index (κ3) is 5.28. The van der Waals surface area contributed by atoms with Crippen LogP contribution in [0.2, 0.25) is 5.02 Å². The van der Waals surface area contributed by atoms with Crippen molar-refractivity contribution in [1.82, 2.24) is 15.8 Å². The summed E-state index contributed by atoms with van der Waals surface area (Å²) >= 11 is 6.95. The van der Waals surface area contributed by atoms with Crippen LogP contribution >= 0.6 is 22.9 Å². The van der Waals surface area contributed by atoms with Crippen molar-refractivity contribution in [1.29, 1.82) is 0 Å². The Kier molecular flexibility index (Phi) is 6.28. The third-order valence-electron chi connectivity index (χ3n) is 3.87. The fraction of sp³-hybridized carbons (Fsp3) is 0.105. The molecule has 3 N–H and O–H groups in total. The van der Waals surface area contributed by atoms with Gasteiger partial charge in [-0.2, -0.15) is 13.2 Å². The Bertz CT molecular complexity index is 1080. The van der Waals surface area contributed by atoms with Crippen LogP contribution in [0.1, 0.15) is 21.6 Å². The van der Waals surface area contributed by atoms with Gasteiger partial charge in [-0.1, -0.05) is 23.7 Å². The number of hydrogen-bond donors (Lipinski definition) is 3. The number of rotatable bonds is 4. The number of phenols is 1. The predicted octanol–water partition coefficient (Wildman–Crippen LogP) is 4.19. The van der Waals surface area contributed by atoms with Gasteiger partial charge in [-0.05, 0) is 30.3 Å². The first-order valence-electron chi connectivity index (χ1n) is 8.33. The number of amides is 2. The molecular weight excluding hydrogens is 443 g/mol. The van der Waals surface area contributed by atoms with Crippen LogP contribution in [0, 0.1) is 0 Å². The first kappa shape index (κ1) is 21.6. The Balaban J connectivity index is 1.58. The Hall–Kier alpha value is -3.11. The fourth-order valence-electron chi connectivity index (χ4n) is 2.42. The van der Waals surface area contributed by atoms with Gasteiger partial charge in [0.25, 0.3) is 5.91 Å². The van der Waals surface area contributed by atoms with E-state index >= 15 is 0 Å². The molecule has 0 aliphatic heterocycles. The number of benzene rings is 2. The summed E-state index contributed by atoms with van der Waals surface area (Å²) in [4.78, 5) is 28.3. The number of nitrogens with zero attached hydrogens (tertiary/aromatic N) is 1. The van der Waals surface area contributed by atoms with Crippen molar-refractivity contribution in [2.75, 3.05) is 0 Å². The smallest absolute Gasteiger partial charge is 0.416 e. The lowest BCUT2D eigenvalue weighted by Crippen LogP contribution is -2.42. The molecule has 2 aromatic carbocycles. The van der Waals surface area contributed by atoms with Gasteiger partial charge in [0.15, 0.2) is 0 Å². The van der Waals surface area contributed by atoms with E-state index in [9.17, 15) is 27.9 Å². The highest BCUT2D eigenvalue weighted by Crippen LogP contribution is 2.31. The minimum absolute atomic E-state index is 0.110. The van der Waals surface area contributed by atoms with Crippen molar-refractivity contribution in [3.05, 3.63) is 69.7 Å². The van der Waals surface area contributed by atoms with E-state index in [1.54, 1.807) is 5.38 Å². The number of halogens is 4. The van der Waals surface area contributed by atoms with E-state index in [2.05, 4.69) is 15.8 Å². The number of carbonyl (C=O) groups is 2. The molecule has 0 saturated carbocycles. The lowest BCUT2D eigenvalue weighted by Gasteiger charge is -2.08. The maximum Gasteiger partial charge on any atom is 0.416 e. The van der Waals surface area contributed by atoms with E-state index in [0.717, 1.165) is 12.1 Å². The third-order valence-corrected chi connectivity index (χ3v) is 5.05. The Labute approximate surface area is 177 Å². The lowest BCUT2D eigenvalue weighted by atomic mass is 10.1. The molecule has 3 aromatic rings. The maximum atomic E-state index is 12.6. The van der Waals surface area contributed by atoms with Crippen LogP contribution in [-0.4, -0.2) is 21.9 Å². The average molecular weight is 456 g/mol. The Morgan fingerprint density at radius 2 is 1.80 bits per heavy atom. The molecule has 0 bridgehead atoms. The standard InChI is InChI=1S/C19H13ClF3N3O3S/c20-12-5-6-15(27)14(7-12)17(29)26-25-16(28)8-13-9-30-18(24-13)10-1-3-11(4-2-10)19(21,22)23/h1-7,9,27H,8H2,(H,25,28)(H,26,29). The summed E-state index contributed by atoms with van der Waals surface area (Å²) in [5.74, 6) is -1.63. The molecule has 1 heterocycles. The molecule has 3 rings (SSSR count). The summed E-state index contributed by atoms with van der Waals surface area (Å²) in [7, 11) is 0. The second-order valence-corrected chi connectivity index (χ2v) is 7.35. The number of aromatic hydroxyl groups is 1. The minimum atomic E-state index is -4.42. The van der Waals surface area contributed by atoms with Gasteiger partial charge in [-0.25, -0.2) is 4.98 Å². The van der Waals surface area contributed by atoms with Gasteiger partial charge < -0.3 is 5.11 Å². The van der Waals surface area contributed by atoms with Crippen molar-refractivity contribution in [2.45, 2.75) is 12.6 Å². The van der Waals surface area contributed by atoms with Gasteiger partial charge in [0.1, 0.15) is 10.8 Å². The summed E-state index contributed by atoms with van der Waals surface area (Å²) in [6, 6.07) is 8.44. The molecule has 1 aromatic heterocycles. The molecule has 0 unspecified atom stereocenters. The first-order chi connectivity index (χ1) is 14.1. The number of phenolic OH excluding ortho intramolecular Hbond substituents is 1. The summed E-state index contributed by atoms with van der Waals surface area (Å²) < 4.78 is 37.9. The Morgan fingerprint density at radius 3 is 2.47 bits per heavy atom. The topological polar surface area (TPSA) is 91.3 Å². The van der Waals surface area contributed by atoms with Crippen LogP contribution in [0.15, 0.2) is 47.8 Å². The molecule has 6 nitrogen and oxygen atoms in total. The van der Waals surface area contributed by atoms with Crippen molar-refractivity contribution in [3.8, 4) is 16.3 Å². The largest absolute Gasteiger partial charge is 0.507 e. The zero-order chi connectivity index (χ0) is 21.9. The van der Waals surface area contributed by atoms with Gasteiger partial charge >= 0.3 is 6.18 Å². The van der Waals surface area contributed by atoms with Crippen LogP contribution in [0.4, 0.5) is 13.2 Å². The molecule has 0 atom stereocenters. The highest BCUT2D eigenvalue weighted by Gasteiger charge is 2.30. The Morgan fingerprint density at radius 1 is 1.10 bits per heavy atom. The van der Waals surface area contributed by atoms with Crippen LogP contribution < -0.4 is 10.9 Å². The fourth-order valence-corrected chi connectivity index (χ4v) is 3.41. The number of hydrogen-bond acceptors (Lipinski definition) is 5. The van der Waals surface area contributed by atoms with Gasteiger partial charge in [-0.3, -0.25) is 20.4 Å². The highest BCUT2D eigenvalue weighted by atomic mass is 35.5. The van der Waals surface area contributed by atoms with Crippen LogP contribution in [0.5, 0.6) is 5.75 Å². The molecule has 0 aliphatic rings. The molecule has 0 radical (unpaired) electrons. The van der Waals surface area contributed by atoms with Crippen molar-refractivity contribution < 1.29 is 27.9 Å². The highest BCUT2D eigenvalue weighted by molar-refractivity contribution is 7.13. The molecule has 0 fully saturated rings. The van der Waals surface area contributed by atoms with Gasteiger partial charge in [0, 0.05) is 16.0 Å². The summed E-state index contributed by atoms with van der Waals surface area (Å²) in [6.07, 6.45) is -4.59. The number of carbonyl (C=O) groups excluding carboxylic acids is 2. The number of alkyl halides is 3. The van der Waals surface area contributed by atoms with Gasteiger partial charge in [0.2, 0.25) is 5.91 Å². The number of nitrogens with one attached hydrogen (secondary N) is 2. The molecular formula is C19H13ClF3N3O3S. The van der Waals surface area contributed by atoms with E-state index in [1.165, 1.54) is 41.7 Å². The molecule has 0 aliphatic carbocycles. The number of aromatic nitrogens is 1. The van der Waals surface area contributed by atoms with Crippen LogP contribution in [0.3, 0.4) is 0 Å².